The number of rotatable bonds is 4. The molecule has 0 bridgehead atoms. The van der Waals surface area contributed by atoms with Gasteiger partial charge in [-0.3, -0.25) is 14.5 Å². The van der Waals surface area contributed by atoms with Gasteiger partial charge in [0, 0.05) is 37.8 Å². The molecule has 2 aliphatic carbocycles. The molecule has 2 amide bonds. The maximum atomic E-state index is 12.9. The van der Waals surface area contributed by atoms with Gasteiger partial charge in [-0.2, -0.15) is 0 Å². The third-order valence-electron chi connectivity index (χ3n) is 6.91. The van der Waals surface area contributed by atoms with Gasteiger partial charge in [0.1, 0.15) is 0 Å². The molecule has 1 saturated heterocycles. The molecule has 3 rings (SSSR count). The van der Waals surface area contributed by atoms with E-state index in [1.54, 1.807) is 0 Å². The van der Waals surface area contributed by atoms with Crippen molar-refractivity contribution < 1.29 is 9.59 Å². The minimum Gasteiger partial charge on any atom is -0.352 e. The molecule has 3 fully saturated rings. The first-order chi connectivity index (χ1) is 12.8. The molecule has 2 saturated carbocycles. The first-order valence-corrected chi connectivity index (χ1v) is 10.9. The Bertz CT molecular complexity index is 528. The molecule has 27 heavy (non-hydrogen) atoms. The van der Waals surface area contributed by atoms with Crippen molar-refractivity contribution in [2.24, 2.45) is 17.6 Å². The minimum atomic E-state index is -0.372. The van der Waals surface area contributed by atoms with E-state index < -0.39 is 0 Å². The van der Waals surface area contributed by atoms with E-state index >= 15 is 0 Å². The Morgan fingerprint density at radius 2 is 1.81 bits per heavy atom. The molecule has 0 aromatic rings. The van der Waals surface area contributed by atoms with Gasteiger partial charge in [-0.1, -0.05) is 32.6 Å². The highest BCUT2D eigenvalue weighted by Gasteiger charge is 2.40. The molecule has 154 valence electrons. The van der Waals surface area contributed by atoms with Crippen LogP contribution in [-0.4, -0.2) is 65.9 Å². The number of amides is 2. The Kier molecular flexibility index (Phi) is 6.79. The maximum Gasteiger partial charge on any atom is 0.234 e. The van der Waals surface area contributed by atoms with Crippen LogP contribution >= 0.6 is 0 Å². The Morgan fingerprint density at radius 3 is 2.48 bits per heavy atom. The molecule has 3 aliphatic rings. The molecule has 6 heteroatoms. The van der Waals surface area contributed by atoms with Crippen LogP contribution in [0.1, 0.15) is 65.2 Å². The van der Waals surface area contributed by atoms with Crippen LogP contribution in [0, 0.1) is 11.8 Å². The summed E-state index contributed by atoms with van der Waals surface area (Å²) in [6, 6.07) is 0.345. The monoisotopic (exact) mass is 378 g/mol. The topological polar surface area (TPSA) is 78.7 Å². The summed E-state index contributed by atoms with van der Waals surface area (Å²) in [7, 11) is 0. The zero-order valence-corrected chi connectivity index (χ0v) is 17.2. The number of carbonyl (C=O) groups is 2. The van der Waals surface area contributed by atoms with E-state index in [9.17, 15) is 9.59 Å². The van der Waals surface area contributed by atoms with Crippen LogP contribution in [0.15, 0.2) is 0 Å². The lowest BCUT2D eigenvalue weighted by Gasteiger charge is -2.42. The molecule has 1 aliphatic heterocycles. The fourth-order valence-electron chi connectivity index (χ4n) is 5.15. The van der Waals surface area contributed by atoms with Crippen molar-refractivity contribution in [1.29, 1.82) is 0 Å². The van der Waals surface area contributed by atoms with Crippen molar-refractivity contribution in [1.82, 2.24) is 15.1 Å². The van der Waals surface area contributed by atoms with Crippen molar-refractivity contribution in [2.75, 3.05) is 32.7 Å². The number of carbonyl (C=O) groups excluding carboxylic acids is 2. The lowest BCUT2D eigenvalue weighted by molar-refractivity contribution is -0.140. The van der Waals surface area contributed by atoms with Gasteiger partial charge in [-0.15, -0.1) is 0 Å². The van der Waals surface area contributed by atoms with Gasteiger partial charge >= 0.3 is 0 Å². The van der Waals surface area contributed by atoms with E-state index in [1.807, 2.05) is 11.8 Å². The zero-order chi connectivity index (χ0) is 19.4. The number of hydrogen-bond acceptors (Lipinski definition) is 4. The Balaban J connectivity index is 1.42. The third kappa shape index (κ3) is 5.44. The summed E-state index contributed by atoms with van der Waals surface area (Å²) in [6.45, 7) is 7.71. The molecule has 3 N–H and O–H groups in total. The molecule has 0 radical (unpaired) electrons. The second-order valence-electron chi connectivity index (χ2n) is 9.44. The second kappa shape index (κ2) is 8.91. The molecular weight excluding hydrogens is 340 g/mol. The largest absolute Gasteiger partial charge is 0.352 e. The smallest absolute Gasteiger partial charge is 0.234 e. The van der Waals surface area contributed by atoms with Crippen molar-refractivity contribution >= 4 is 11.8 Å². The zero-order valence-electron chi connectivity index (χ0n) is 17.2. The number of hydrogen-bond donors (Lipinski definition) is 2. The fourth-order valence-corrected chi connectivity index (χ4v) is 5.15. The normalized spacial score (nSPS) is 35.7. The van der Waals surface area contributed by atoms with E-state index in [1.165, 1.54) is 12.8 Å². The van der Waals surface area contributed by atoms with Gasteiger partial charge in [0.2, 0.25) is 11.8 Å². The van der Waals surface area contributed by atoms with Crippen LogP contribution in [-0.2, 0) is 9.59 Å². The summed E-state index contributed by atoms with van der Waals surface area (Å²) in [5.41, 5.74) is 6.04. The average Bonchev–Trinajstić information content (AvgIpc) is 2.61. The SMILES string of the molecule is CC1CCCC(NC(=O)CN2CCN(C(=O)C3CCCCC3(C)N)CC2)C1. The van der Waals surface area contributed by atoms with Gasteiger partial charge in [0.25, 0.3) is 0 Å². The number of nitrogens with two attached hydrogens (primary N) is 1. The Labute approximate surface area is 164 Å². The molecule has 4 atom stereocenters. The van der Waals surface area contributed by atoms with Crippen molar-refractivity contribution in [2.45, 2.75) is 76.8 Å². The maximum absolute atomic E-state index is 12.9. The van der Waals surface area contributed by atoms with Crippen LogP contribution in [0.3, 0.4) is 0 Å². The molecular formula is C21H38N4O2. The summed E-state index contributed by atoms with van der Waals surface area (Å²) < 4.78 is 0. The molecule has 0 aromatic heterocycles. The van der Waals surface area contributed by atoms with Gasteiger partial charge in [-0.05, 0) is 38.5 Å². The van der Waals surface area contributed by atoms with Gasteiger partial charge in [0.05, 0.1) is 12.5 Å². The van der Waals surface area contributed by atoms with Crippen molar-refractivity contribution in [3.8, 4) is 0 Å². The minimum absolute atomic E-state index is 0.0469. The summed E-state index contributed by atoms with van der Waals surface area (Å²) in [5, 5.41) is 3.22. The van der Waals surface area contributed by atoms with Crippen molar-refractivity contribution in [3.63, 3.8) is 0 Å². The summed E-state index contributed by atoms with van der Waals surface area (Å²) >= 11 is 0. The van der Waals surface area contributed by atoms with Crippen molar-refractivity contribution in [3.05, 3.63) is 0 Å². The summed E-state index contributed by atoms with van der Waals surface area (Å²) in [6.07, 6.45) is 8.78. The number of piperazine rings is 1. The van der Waals surface area contributed by atoms with Crippen LogP contribution in [0.5, 0.6) is 0 Å². The van der Waals surface area contributed by atoms with Crippen LogP contribution < -0.4 is 11.1 Å². The Morgan fingerprint density at radius 1 is 1.07 bits per heavy atom. The first-order valence-electron chi connectivity index (χ1n) is 10.9. The van der Waals surface area contributed by atoms with Gasteiger partial charge < -0.3 is 16.0 Å². The number of nitrogens with zero attached hydrogens (tertiary/aromatic N) is 2. The van der Waals surface area contributed by atoms with E-state index in [2.05, 4.69) is 17.1 Å². The molecule has 4 unspecified atom stereocenters. The molecule has 0 aromatic carbocycles. The van der Waals surface area contributed by atoms with Gasteiger partial charge in [-0.25, -0.2) is 0 Å². The quantitative estimate of drug-likeness (QED) is 0.781. The fraction of sp³-hybridized carbons (Fsp3) is 0.905. The third-order valence-corrected chi connectivity index (χ3v) is 6.91. The highest BCUT2D eigenvalue weighted by atomic mass is 16.2. The average molecular weight is 379 g/mol. The molecule has 1 heterocycles. The highest BCUT2D eigenvalue weighted by molar-refractivity contribution is 5.81. The predicted molar refractivity (Wildman–Crippen MR) is 107 cm³/mol. The van der Waals surface area contributed by atoms with Gasteiger partial charge in [0.15, 0.2) is 0 Å². The summed E-state index contributed by atoms with van der Waals surface area (Å²) in [5.74, 6) is 1.02. The van der Waals surface area contributed by atoms with Crippen LogP contribution in [0.2, 0.25) is 0 Å². The lowest BCUT2D eigenvalue weighted by Crippen LogP contribution is -2.58. The standard InChI is InChI=1S/C21H38N4O2/c1-16-6-5-7-17(14-16)23-19(26)15-24-10-12-25(13-11-24)20(27)18-8-3-4-9-21(18,2)22/h16-18H,3-15,22H2,1-2H3,(H,23,26). The molecule has 0 spiro atoms. The number of nitrogens with one attached hydrogen (secondary N) is 1. The Hall–Kier alpha value is -1.14. The van der Waals surface area contributed by atoms with E-state index in [-0.39, 0.29) is 23.3 Å². The van der Waals surface area contributed by atoms with E-state index in [0.29, 0.717) is 31.6 Å². The molecule has 6 nitrogen and oxygen atoms in total. The first kappa shape index (κ1) is 20.6. The predicted octanol–water partition coefficient (Wildman–Crippen LogP) is 1.73. The van der Waals surface area contributed by atoms with E-state index in [0.717, 1.165) is 51.6 Å². The van der Waals surface area contributed by atoms with Crippen LogP contribution in [0.25, 0.3) is 0 Å². The van der Waals surface area contributed by atoms with Crippen LogP contribution in [0.4, 0.5) is 0 Å². The highest BCUT2D eigenvalue weighted by Crippen LogP contribution is 2.33. The van der Waals surface area contributed by atoms with E-state index in [4.69, 9.17) is 5.73 Å². The second-order valence-corrected chi connectivity index (χ2v) is 9.44. The summed E-state index contributed by atoms with van der Waals surface area (Å²) in [4.78, 5) is 29.5. The lowest BCUT2D eigenvalue weighted by atomic mass is 9.74.